The summed E-state index contributed by atoms with van der Waals surface area (Å²) < 4.78 is 0. The first kappa shape index (κ1) is 24.6. The van der Waals surface area contributed by atoms with Crippen LogP contribution in [0.2, 0.25) is 0 Å². The largest absolute Gasteiger partial charge is 0.274 e. The van der Waals surface area contributed by atoms with E-state index in [0.717, 1.165) is 18.8 Å². The second kappa shape index (κ2) is 14.4. The molecule has 1 atom stereocenters. The molecule has 3 nitrogen and oxygen atoms in total. The predicted molar refractivity (Wildman–Crippen MR) is 126 cm³/mol. The summed E-state index contributed by atoms with van der Waals surface area (Å²) in [6.07, 6.45) is 19.5. The van der Waals surface area contributed by atoms with E-state index in [1.54, 1.807) is 12.1 Å². The molecule has 1 aliphatic rings. The summed E-state index contributed by atoms with van der Waals surface area (Å²) in [7, 11) is 0. The minimum atomic E-state index is -0.112. The van der Waals surface area contributed by atoms with E-state index in [-0.39, 0.29) is 11.8 Å². The number of unbranched alkanes of at least 4 members (excludes halogenated alkanes) is 9. The van der Waals surface area contributed by atoms with Crippen molar-refractivity contribution in [1.29, 1.82) is 0 Å². The molecule has 1 aromatic rings. The second-order valence-corrected chi connectivity index (χ2v) is 9.08. The molecule has 2 amide bonds. The van der Waals surface area contributed by atoms with Crippen LogP contribution in [0.25, 0.3) is 0 Å². The van der Waals surface area contributed by atoms with Crippen LogP contribution in [0.1, 0.15) is 131 Å². The van der Waals surface area contributed by atoms with E-state index < -0.39 is 0 Å². The molecule has 30 heavy (non-hydrogen) atoms. The number of hydrogen-bond donors (Lipinski definition) is 0. The second-order valence-electron chi connectivity index (χ2n) is 9.08. The van der Waals surface area contributed by atoms with Crippen molar-refractivity contribution in [3.63, 3.8) is 0 Å². The first-order valence-electron chi connectivity index (χ1n) is 12.6. The summed E-state index contributed by atoms with van der Waals surface area (Å²) in [6, 6.07) is 7.20. The van der Waals surface area contributed by atoms with Crippen molar-refractivity contribution in [1.82, 2.24) is 4.90 Å². The molecule has 1 aromatic carbocycles. The molecule has 0 N–H and O–H groups in total. The first-order valence-corrected chi connectivity index (χ1v) is 12.6. The summed E-state index contributed by atoms with van der Waals surface area (Å²) in [5.74, 6) is 0.591. The van der Waals surface area contributed by atoms with Crippen LogP contribution < -0.4 is 0 Å². The Bertz CT molecular complexity index is 605. The minimum Gasteiger partial charge on any atom is -0.274 e. The lowest BCUT2D eigenvalue weighted by atomic mass is 9.90. The quantitative estimate of drug-likeness (QED) is 0.193. The third-order valence-corrected chi connectivity index (χ3v) is 6.55. The summed E-state index contributed by atoms with van der Waals surface area (Å²) in [5.41, 5.74) is 1.14. The Balaban J connectivity index is 1.70. The number of amides is 2. The van der Waals surface area contributed by atoms with Crippen molar-refractivity contribution in [3.05, 3.63) is 35.4 Å². The van der Waals surface area contributed by atoms with Crippen LogP contribution >= 0.6 is 0 Å². The lowest BCUT2D eigenvalue weighted by Crippen LogP contribution is -2.30. The van der Waals surface area contributed by atoms with E-state index in [0.29, 0.717) is 17.7 Å². The molecule has 0 radical (unpaired) electrons. The van der Waals surface area contributed by atoms with Gasteiger partial charge in [-0.2, -0.15) is 0 Å². The first-order chi connectivity index (χ1) is 14.7. The van der Waals surface area contributed by atoms with Gasteiger partial charge in [-0.05, 0) is 24.5 Å². The molecule has 3 heteroatoms. The molecule has 0 aromatic heterocycles. The van der Waals surface area contributed by atoms with Crippen LogP contribution in [0.5, 0.6) is 0 Å². The highest BCUT2D eigenvalue weighted by Gasteiger charge is 2.34. The number of fused-ring (bicyclic) bond motifs is 1. The van der Waals surface area contributed by atoms with Crippen molar-refractivity contribution in [2.75, 3.05) is 6.54 Å². The van der Waals surface area contributed by atoms with E-state index in [4.69, 9.17) is 0 Å². The van der Waals surface area contributed by atoms with Gasteiger partial charge in [0.05, 0.1) is 11.1 Å². The molecular formula is C27H43NO2. The lowest BCUT2D eigenvalue weighted by molar-refractivity contribution is 0.0651. The highest BCUT2D eigenvalue weighted by Crippen LogP contribution is 2.26. The normalized spacial score (nSPS) is 14.4. The molecule has 0 bridgehead atoms. The predicted octanol–water partition coefficient (Wildman–Crippen LogP) is 7.79. The Kier molecular flexibility index (Phi) is 11.8. The Morgan fingerprint density at radius 2 is 1.07 bits per heavy atom. The van der Waals surface area contributed by atoms with Gasteiger partial charge in [0.25, 0.3) is 11.8 Å². The SMILES string of the molecule is CCCCCCCCC(CCCCCC)CCCCN1C(=O)c2ccccc2C1=O. The number of carbonyl (C=O) groups excluding carboxylic acids is 2. The fourth-order valence-corrected chi connectivity index (χ4v) is 4.65. The van der Waals surface area contributed by atoms with Gasteiger partial charge in [-0.15, -0.1) is 0 Å². The third kappa shape index (κ3) is 7.89. The average Bonchev–Trinajstić information content (AvgIpc) is 3.00. The van der Waals surface area contributed by atoms with Gasteiger partial charge in [0.1, 0.15) is 0 Å². The summed E-state index contributed by atoms with van der Waals surface area (Å²) in [6.45, 7) is 5.10. The zero-order valence-electron chi connectivity index (χ0n) is 19.5. The molecule has 0 saturated heterocycles. The fraction of sp³-hybridized carbons (Fsp3) is 0.704. The lowest BCUT2D eigenvalue weighted by Gasteiger charge is -2.18. The zero-order valence-corrected chi connectivity index (χ0v) is 19.5. The van der Waals surface area contributed by atoms with Crippen molar-refractivity contribution in [3.8, 4) is 0 Å². The Morgan fingerprint density at radius 3 is 1.60 bits per heavy atom. The van der Waals surface area contributed by atoms with Crippen LogP contribution in [0.3, 0.4) is 0 Å². The maximum Gasteiger partial charge on any atom is 0.261 e. The van der Waals surface area contributed by atoms with Gasteiger partial charge in [0.15, 0.2) is 0 Å². The van der Waals surface area contributed by atoms with E-state index in [1.807, 2.05) is 12.1 Å². The number of imide groups is 1. The van der Waals surface area contributed by atoms with Gasteiger partial charge < -0.3 is 0 Å². The smallest absolute Gasteiger partial charge is 0.261 e. The molecule has 2 rings (SSSR count). The van der Waals surface area contributed by atoms with Crippen LogP contribution in [0, 0.1) is 5.92 Å². The van der Waals surface area contributed by atoms with Crippen molar-refractivity contribution in [2.24, 2.45) is 5.92 Å². The topological polar surface area (TPSA) is 37.4 Å². The standard InChI is InChI=1S/C27H43NO2/c1-3-5-7-9-10-12-18-23(17-11-8-6-4-2)19-15-16-22-28-26(29)24-20-13-14-21-25(24)27(28)30/h13-14,20-21,23H,3-12,15-19,22H2,1-2H3. The maximum atomic E-state index is 12.5. The zero-order chi connectivity index (χ0) is 21.6. The average molecular weight is 414 g/mol. The van der Waals surface area contributed by atoms with Gasteiger partial charge in [-0.1, -0.05) is 116 Å². The highest BCUT2D eigenvalue weighted by molar-refractivity contribution is 6.21. The van der Waals surface area contributed by atoms with Gasteiger partial charge in [0, 0.05) is 6.54 Å². The number of carbonyl (C=O) groups is 2. The number of hydrogen-bond acceptors (Lipinski definition) is 2. The molecule has 0 aliphatic carbocycles. The third-order valence-electron chi connectivity index (χ3n) is 6.55. The van der Waals surface area contributed by atoms with Crippen molar-refractivity contribution in [2.45, 2.75) is 110 Å². The molecule has 1 heterocycles. The molecular weight excluding hydrogens is 370 g/mol. The molecule has 0 saturated carbocycles. The number of nitrogens with zero attached hydrogens (tertiary/aromatic N) is 1. The van der Waals surface area contributed by atoms with Gasteiger partial charge >= 0.3 is 0 Å². The van der Waals surface area contributed by atoms with Crippen LogP contribution in [0.4, 0.5) is 0 Å². The Morgan fingerprint density at radius 1 is 0.633 bits per heavy atom. The van der Waals surface area contributed by atoms with E-state index >= 15 is 0 Å². The van der Waals surface area contributed by atoms with Crippen LogP contribution in [-0.4, -0.2) is 23.3 Å². The summed E-state index contributed by atoms with van der Waals surface area (Å²) in [5, 5.41) is 0. The molecule has 1 aliphatic heterocycles. The van der Waals surface area contributed by atoms with Gasteiger partial charge in [-0.25, -0.2) is 0 Å². The molecule has 168 valence electrons. The van der Waals surface area contributed by atoms with Crippen LogP contribution in [0.15, 0.2) is 24.3 Å². The van der Waals surface area contributed by atoms with E-state index in [2.05, 4.69) is 13.8 Å². The molecule has 1 unspecified atom stereocenters. The minimum absolute atomic E-state index is 0.112. The van der Waals surface area contributed by atoms with E-state index in [1.165, 1.54) is 88.4 Å². The van der Waals surface area contributed by atoms with Gasteiger partial charge in [-0.3, -0.25) is 14.5 Å². The number of rotatable bonds is 17. The fourth-order valence-electron chi connectivity index (χ4n) is 4.65. The van der Waals surface area contributed by atoms with Crippen molar-refractivity contribution >= 4 is 11.8 Å². The van der Waals surface area contributed by atoms with Crippen LogP contribution in [-0.2, 0) is 0 Å². The molecule has 0 fully saturated rings. The van der Waals surface area contributed by atoms with E-state index in [9.17, 15) is 9.59 Å². The Labute approximate surface area is 184 Å². The maximum absolute atomic E-state index is 12.5. The number of benzene rings is 1. The van der Waals surface area contributed by atoms with Crippen molar-refractivity contribution < 1.29 is 9.59 Å². The van der Waals surface area contributed by atoms with Gasteiger partial charge in [0.2, 0.25) is 0 Å². The monoisotopic (exact) mass is 413 g/mol. The summed E-state index contributed by atoms with van der Waals surface area (Å²) in [4.78, 5) is 26.4. The summed E-state index contributed by atoms with van der Waals surface area (Å²) >= 11 is 0. The highest BCUT2D eigenvalue weighted by atomic mass is 16.2. The Hall–Kier alpha value is -1.64. The molecule has 0 spiro atoms.